The zero-order chi connectivity index (χ0) is 12.5. The van der Waals surface area contributed by atoms with Crippen molar-refractivity contribution < 1.29 is 0 Å². The second-order valence-electron chi connectivity index (χ2n) is 3.93. The fourth-order valence-corrected chi connectivity index (χ4v) is 2.43. The van der Waals surface area contributed by atoms with Gasteiger partial charge in [0.05, 0.1) is 18.4 Å². The predicted octanol–water partition coefficient (Wildman–Crippen LogP) is 1.46. The lowest BCUT2D eigenvalue weighted by atomic mass is 10.3. The summed E-state index contributed by atoms with van der Waals surface area (Å²) in [5, 5.41) is 17.7. The van der Waals surface area contributed by atoms with Crippen LogP contribution in [0, 0.1) is 6.92 Å². The number of aromatic nitrogens is 6. The Morgan fingerprint density at radius 3 is 3.06 bits per heavy atom. The Bertz CT molecular complexity index is 673. The highest BCUT2D eigenvalue weighted by molar-refractivity contribution is 7.09. The van der Waals surface area contributed by atoms with Crippen LogP contribution in [-0.4, -0.2) is 30.0 Å². The topological polar surface area (TPSA) is 80.9 Å². The maximum Gasteiger partial charge on any atom is 0.199 e. The van der Waals surface area contributed by atoms with Crippen molar-refractivity contribution in [2.45, 2.75) is 19.9 Å². The molecule has 1 N–H and O–H groups in total. The minimum Gasteiger partial charge on any atom is -0.360 e. The average Bonchev–Trinajstić information content (AvgIpc) is 2.97. The number of tetrazole rings is 1. The third-order valence-corrected chi connectivity index (χ3v) is 3.63. The van der Waals surface area contributed by atoms with Crippen molar-refractivity contribution in [2.75, 3.05) is 5.32 Å². The van der Waals surface area contributed by atoms with Gasteiger partial charge in [-0.3, -0.25) is 4.98 Å². The van der Waals surface area contributed by atoms with Crippen LogP contribution in [0.3, 0.4) is 0 Å². The van der Waals surface area contributed by atoms with Crippen LogP contribution in [0.5, 0.6) is 0 Å². The van der Waals surface area contributed by atoms with Crippen molar-refractivity contribution in [2.24, 2.45) is 0 Å². The predicted molar refractivity (Wildman–Crippen MR) is 67.5 cm³/mol. The minimum atomic E-state index is 0.0836. The van der Waals surface area contributed by atoms with Crippen LogP contribution in [0.1, 0.15) is 23.7 Å². The molecule has 0 aliphatic rings. The maximum atomic E-state index is 4.45. The van der Waals surface area contributed by atoms with E-state index in [-0.39, 0.29) is 6.04 Å². The summed E-state index contributed by atoms with van der Waals surface area (Å²) in [5.74, 6) is 0.748. The van der Waals surface area contributed by atoms with Gasteiger partial charge in [0.2, 0.25) is 0 Å². The Balaban J connectivity index is 1.90. The van der Waals surface area contributed by atoms with Crippen LogP contribution in [0.4, 0.5) is 5.82 Å². The van der Waals surface area contributed by atoms with Crippen molar-refractivity contribution in [1.82, 2.24) is 30.0 Å². The van der Waals surface area contributed by atoms with Crippen LogP contribution in [0.25, 0.3) is 5.65 Å². The molecular weight excluding hydrogens is 250 g/mol. The first kappa shape index (κ1) is 11.0. The van der Waals surface area contributed by atoms with E-state index in [4.69, 9.17) is 0 Å². The fraction of sp³-hybridized carbons (Fsp3) is 0.300. The smallest absolute Gasteiger partial charge is 0.199 e. The summed E-state index contributed by atoms with van der Waals surface area (Å²) in [6, 6.07) is 0.0836. The number of anilines is 1. The Morgan fingerprint density at radius 2 is 2.28 bits per heavy atom. The average molecular weight is 261 g/mol. The number of aryl methyl sites for hydroxylation is 1. The first-order chi connectivity index (χ1) is 8.74. The lowest BCUT2D eigenvalue weighted by Gasteiger charge is -2.12. The Labute approximate surface area is 107 Å². The monoisotopic (exact) mass is 261 g/mol. The first-order valence-corrected chi connectivity index (χ1v) is 6.32. The molecule has 92 valence electrons. The van der Waals surface area contributed by atoms with Crippen molar-refractivity contribution in [1.29, 1.82) is 0 Å². The number of nitrogens with one attached hydrogen (secondary N) is 1. The number of hydrogen-bond acceptors (Lipinski definition) is 7. The second kappa shape index (κ2) is 4.30. The molecule has 0 aliphatic carbocycles. The fourth-order valence-electron chi connectivity index (χ4n) is 1.63. The molecule has 3 aromatic heterocycles. The van der Waals surface area contributed by atoms with Gasteiger partial charge < -0.3 is 5.32 Å². The molecule has 0 radical (unpaired) electrons. The summed E-state index contributed by atoms with van der Waals surface area (Å²) in [6.45, 7) is 4.03. The number of fused-ring (bicyclic) bond motifs is 1. The van der Waals surface area contributed by atoms with E-state index in [2.05, 4.69) is 30.8 Å². The Kier molecular flexibility index (Phi) is 2.63. The van der Waals surface area contributed by atoms with Crippen LogP contribution in [-0.2, 0) is 0 Å². The van der Waals surface area contributed by atoms with Crippen molar-refractivity contribution >= 4 is 22.8 Å². The number of thiazole rings is 1. The molecule has 0 saturated heterocycles. The summed E-state index contributed by atoms with van der Waals surface area (Å²) in [7, 11) is 0. The lowest BCUT2D eigenvalue weighted by molar-refractivity contribution is 0.792. The number of rotatable bonds is 3. The molecule has 1 atom stereocenters. The third kappa shape index (κ3) is 1.90. The summed E-state index contributed by atoms with van der Waals surface area (Å²) < 4.78 is 1.62. The van der Waals surface area contributed by atoms with Crippen molar-refractivity contribution in [3.8, 4) is 0 Å². The van der Waals surface area contributed by atoms with Crippen molar-refractivity contribution in [3.05, 3.63) is 28.5 Å². The second-order valence-corrected chi connectivity index (χ2v) is 4.82. The van der Waals surface area contributed by atoms with E-state index < -0.39 is 0 Å². The molecule has 0 aliphatic heterocycles. The van der Waals surface area contributed by atoms with Gasteiger partial charge in [0, 0.05) is 11.1 Å². The zero-order valence-corrected chi connectivity index (χ0v) is 10.7. The highest BCUT2D eigenvalue weighted by Gasteiger charge is 2.12. The van der Waals surface area contributed by atoms with Gasteiger partial charge in [0.25, 0.3) is 0 Å². The Morgan fingerprint density at radius 1 is 1.39 bits per heavy atom. The van der Waals surface area contributed by atoms with E-state index >= 15 is 0 Å². The maximum absolute atomic E-state index is 4.45. The summed E-state index contributed by atoms with van der Waals surface area (Å²) in [5.41, 5.74) is 1.64. The molecule has 0 aromatic carbocycles. The zero-order valence-electron chi connectivity index (χ0n) is 9.90. The van der Waals surface area contributed by atoms with E-state index in [0.717, 1.165) is 16.5 Å². The number of hydrogen-bond donors (Lipinski definition) is 1. The summed E-state index contributed by atoms with van der Waals surface area (Å²) in [4.78, 5) is 8.54. The van der Waals surface area contributed by atoms with E-state index in [1.807, 2.05) is 19.2 Å². The van der Waals surface area contributed by atoms with Gasteiger partial charge in [0.1, 0.15) is 5.01 Å². The van der Waals surface area contributed by atoms with Crippen LogP contribution in [0.15, 0.2) is 17.8 Å². The molecule has 0 spiro atoms. The van der Waals surface area contributed by atoms with Crippen LogP contribution in [0.2, 0.25) is 0 Å². The van der Waals surface area contributed by atoms with Gasteiger partial charge in [-0.1, -0.05) is 0 Å². The number of nitrogens with zero attached hydrogens (tertiary/aromatic N) is 6. The van der Waals surface area contributed by atoms with E-state index in [0.29, 0.717) is 5.65 Å². The quantitative estimate of drug-likeness (QED) is 0.768. The molecule has 0 bridgehead atoms. The standard InChI is InChI=1S/C10H11N7S/c1-6-5-18-10(12-6)7(2)13-8-3-11-4-9-14-15-16-17(8)9/h3-5,7,13H,1-2H3. The summed E-state index contributed by atoms with van der Waals surface area (Å²) in [6.07, 6.45) is 3.31. The van der Waals surface area contributed by atoms with Gasteiger partial charge in [-0.2, -0.15) is 4.52 Å². The molecular formula is C10H11N7S. The van der Waals surface area contributed by atoms with Gasteiger partial charge in [-0.05, 0) is 24.3 Å². The minimum absolute atomic E-state index is 0.0836. The summed E-state index contributed by atoms with van der Waals surface area (Å²) >= 11 is 1.63. The molecule has 0 amide bonds. The van der Waals surface area contributed by atoms with Gasteiger partial charge in [-0.25, -0.2) is 4.98 Å². The molecule has 1 unspecified atom stereocenters. The largest absolute Gasteiger partial charge is 0.360 e. The molecule has 7 nitrogen and oxygen atoms in total. The molecule has 0 fully saturated rings. The van der Waals surface area contributed by atoms with Crippen molar-refractivity contribution in [3.63, 3.8) is 0 Å². The first-order valence-electron chi connectivity index (χ1n) is 5.44. The van der Waals surface area contributed by atoms with Gasteiger partial charge >= 0.3 is 0 Å². The molecule has 3 rings (SSSR count). The molecule has 8 heteroatoms. The lowest BCUT2D eigenvalue weighted by Crippen LogP contribution is -2.10. The molecule has 0 saturated carbocycles. The normalized spacial score (nSPS) is 12.8. The molecule has 3 heterocycles. The van der Waals surface area contributed by atoms with E-state index in [1.54, 1.807) is 28.2 Å². The highest BCUT2D eigenvalue weighted by atomic mass is 32.1. The van der Waals surface area contributed by atoms with Gasteiger partial charge in [-0.15, -0.1) is 16.4 Å². The van der Waals surface area contributed by atoms with E-state index in [1.165, 1.54) is 0 Å². The van der Waals surface area contributed by atoms with Crippen LogP contribution < -0.4 is 5.32 Å². The highest BCUT2D eigenvalue weighted by Crippen LogP contribution is 2.21. The van der Waals surface area contributed by atoms with Crippen LogP contribution >= 0.6 is 11.3 Å². The molecule has 3 aromatic rings. The SMILES string of the molecule is Cc1csc(C(C)Nc2cncc3nnnn23)n1. The van der Waals surface area contributed by atoms with Gasteiger partial charge in [0.15, 0.2) is 11.5 Å². The molecule has 18 heavy (non-hydrogen) atoms. The van der Waals surface area contributed by atoms with E-state index in [9.17, 15) is 0 Å². The Hall–Kier alpha value is -2.09. The third-order valence-electron chi connectivity index (χ3n) is 2.48.